The molecule has 2 heterocycles. The van der Waals surface area contributed by atoms with Gasteiger partial charge in [-0.1, -0.05) is 13.0 Å². The molecule has 36 heavy (non-hydrogen) atoms. The van der Waals surface area contributed by atoms with Crippen molar-refractivity contribution in [2.24, 2.45) is 17.6 Å². The Morgan fingerprint density at radius 1 is 1.03 bits per heavy atom. The molecule has 3 atom stereocenters. The van der Waals surface area contributed by atoms with Crippen LogP contribution in [-0.2, 0) is 4.79 Å². The number of nitrogens with zero attached hydrogens (tertiary/aromatic N) is 3. The maximum atomic E-state index is 12.8. The molecular formula is C27H33N5O4. The van der Waals surface area contributed by atoms with Crippen molar-refractivity contribution >= 4 is 35.0 Å². The number of carbonyl (C=O) groups excluding carboxylic acids is 2. The van der Waals surface area contributed by atoms with Crippen LogP contribution >= 0.6 is 0 Å². The molecule has 3 amide bonds. The third-order valence-electron chi connectivity index (χ3n) is 7.80. The summed E-state index contributed by atoms with van der Waals surface area (Å²) in [6.07, 6.45) is 1.34. The maximum absolute atomic E-state index is 12.8. The van der Waals surface area contributed by atoms with E-state index in [1.165, 1.54) is 4.90 Å². The third kappa shape index (κ3) is 4.45. The molecule has 0 aromatic heterocycles. The van der Waals surface area contributed by atoms with Crippen molar-refractivity contribution in [2.45, 2.75) is 38.8 Å². The van der Waals surface area contributed by atoms with E-state index in [-0.39, 0.29) is 23.9 Å². The summed E-state index contributed by atoms with van der Waals surface area (Å²) in [5.41, 5.74) is 9.72. The van der Waals surface area contributed by atoms with Gasteiger partial charge >= 0.3 is 6.09 Å². The molecule has 4 N–H and O–H groups in total. The molecule has 1 aliphatic carbocycles. The highest BCUT2D eigenvalue weighted by Crippen LogP contribution is 2.50. The van der Waals surface area contributed by atoms with Crippen molar-refractivity contribution in [2.75, 3.05) is 41.3 Å². The number of piperazine rings is 1. The lowest BCUT2D eigenvalue weighted by Crippen LogP contribution is -2.51. The molecule has 1 saturated heterocycles. The molecule has 0 spiro atoms. The average Bonchev–Trinajstić information content (AvgIpc) is 3.70. The van der Waals surface area contributed by atoms with Gasteiger partial charge in [0.15, 0.2) is 0 Å². The van der Waals surface area contributed by atoms with Crippen molar-refractivity contribution in [1.29, 1.82) is 0 Å². The van der Waals surface area contributed by atoms with Crippen molar-refractivity contribution in [3.8, 4) is 0 Å². The number of fused-ring (bicyclic) bond motifs is 1. The molecule has 0 radical (unpaired) electrons. The zero-order valence-corrected chi connectivity index (χ0v) is 20.7. The zero-order valence-electron chi connectivity index (χ0n) is 20.7. The standard InChI is InChI=1S/C27H33N5O4/c1-16-24(29-20-4-3-5-21(15-20)30-10-12-31(13-11-30)27(35)36)22-14-19(26(28)34)8-9-23(22)32(17(2)33)25(16)18-6-7-18/h3-5,8-9,14-16,18,24-25,29H,6-7,10-13H2,1-2H3,(H2,28,34)(H,35,36)/t16-,24-,25+/m1/s1. The monoisotopic (exact) mass is 491 g/mol. The molecule has 2 fully saturated rings. The minimum atomic E-state index is -0.879. The van der Waals surface area contributed by atoms with E-state index >= 15 is 0 Å². The van der Waals surface area contributed by atoms with E-state index in [0.29, 0.717) is 37.7 Å². The summed E-state index contributed by atoms with van der Waals surface area (Å²) in [7, 11) is 0. The van der Waals surface area contributed by atoms with Crippen molar-refractivity contribution in [3.05, 3.63) is 53.6 Å². The number of anilines is 3. The number of hydrogen-bond donors (Lipinski definition) is 3. The fourth-order valence-corrected chi connectivity index (χ4v) is 5.85. The number of amides is 3. The Hall–Kier alpha value is -3.75. The lowest BCUT2D eigenvalue weighted by Gasteiger charge is -2.46. The second-order valence-electron chi connectivity index (χ2n) is 10.1. The molecule has 0 bridgehead atoms. The van der Waals surface area contributed by atoms with Gasteiger partial charge in [-0.15, -0.1) is 0 Å². The molecule has 3 aliphatic rings. The SMILES string of the molecule is CC(=O)N1c2ccc(C(N)=O)cc2[C@H](Nc2cccc(N3CCN(C(=O)O)CC3)c2)[C@@H](C)[C@H]1C1CC1. The van der Waals surface area contributed by atoms with E-state index in [1.54, 1.807) is 13.0 Å². The van der Waals surface area contributed by atoms with E-state index in [4.69, 9.17) is 5.73 Å². The van der Waals surface area contributed by atoms with E-state index in [0.717, 1.165) is 35.5 Å². The first-order valence-corrected chi connectivity index (χ1v) is 12.6. The van der Waals surface area contributed by atoms with Gasteiger partial charge in [0, 0.05) is 67.7 Å². The van der Waals surface area contributed by atoms with Gasteiger partial charge in [0.1, 0.15) is 0 Å². The Morgan fingerprint density at radius 3 is 2.36 bits per heavy atom. The van der Waals surface area contributed by atoms with Gasteiger partial charge in [-0.25, -0.2) is 4.79 Å². The lowest BCUT2D eigenvalue weighted by atomic mass is 9.79. The predicted octanol–water partition coefficient (Wildman–Crippen LogP) is 3.52. The van der Waals surface area contributed by atoms with Crippen LogP contribution in [0.25, 0.3) is 0 Å². The van der Waals surface area contributed by atoms with Crippen LogP contribution in [0.5, 0.6) is 0 Å². The molecular weight excluding hydrogens is 458 g/mol. The second-order valence-corrected chi connectivity index (χ2v) is 10.1. The number of hydrogen-bond acceptors (Lipinski definition) is 5. The van der Waals surface area contributed by atoms with Crippen molar-refractivity contribution in [1.82, 2.24) is 4.90 Å². The van der Waals surface area contributed by atoms with E-state index in [9.17, 15) is 19.5 Å². The normalized spacial score (nSPS) is 23.7. The van der Waals surface area contributed by atoms with E-state index in [2.05, 4.69) is 23.2 Å². The highest BCUT2D eigenvalue weighted by atomic mass is 16.4. The second kappa shape index (κ2) is 9.37. The molecule has 2 aromatic carbocycles. The summed E-state index contributed by atoms with van der Waals surface area (Å²) in [4.78, 5) is 41.6. The Bertz CT molecular complexity index is 1190. The van der Waals surface area contributed by atoms with Crippen LogP contribution in [0.3, 0.4) is 0 Å². The molecule has 0 unspecified atom stereocenters. The maximum Gasteiger partial charge on any atom is 0.407 e. The van der Waals surface area contributed by atoms with Crippen LogP contribution in [0.1, 0.15) is 48.7 Å². The van der Waals surface area contributed by atoms with Gasteiger partial charge in [0.2, 0.25) is 11.8 Å². The van der Waals surface area contributed by atoms with Gasteiger partial charge < -0.3 is 30.9 Å². The van der Waals surface area contributed by atoms with Crippen LogP contribution in [-0.4, -0.2) is 60.1 Å². The summed E-state index contributed by atoms with van der Waals surface area (Å²) in [6, 6.07) is 13.5. The first-order chi connectivity index (χ1) is 17.2. The Kier molecular flexibility index (Phi) is 6.24. The highest BCUT2D eigenvalue weighted by Gasteiger charge is 2.47. The number of nitrogens with two attached hydrogens (primary N) is 1. The quantitative estimate of drug-likeness (QED) is 0.589. The first-order valence-electron chi connectivity index (χ1n) is 12.6. The van der Waals surface area contributed by atoms with Gasteiger partial charge in [-0.3, -0.25) is 9.59 Å². The van der Waals surface area contributed by atoms with Crippen LogP contribution in [0, 0.1) is 11.8 Å². The Morgan fingerprint density at radius 2 is 1.75 bits per heavy atom. The first kappa shape index (κ1) is 24.0. The van der Waals surface area contributed by atoms with Crippen LogP contribution < -0.4 is 20.9 Å². The van der Waals surface area contributed by atoms with Crippen molar-refractivity contribution in [3.63, 3.8) is 0 Å². The summed E-state index contributed by atoms with van der Waals surface area (Å²) in [5.74, 6) is 0.0898. The summed E-state index contributed by atoms with van der Waals surface area (Å²) >= 11 is 0. The van der Waals surface area contributed by atoms with Gasteiger partial charge in [0.25, 0.3) is 0 Å². The van der Waals surface area contributed by atoms with Crippen LogP contribution in [0.2, 0.25) is 0 Å². The molecule has 9 heteroatoms. The van der Waals surface area contributed by atoms with Crippen LogP contribution in [0.4, 0.5) is 21.9 Å². The summed E-state index contributed by atoms with van der Waals surface area (Å²) in [5, 5.41) is 13.0. The molecule has 2 aliphatic heterocycles. The van der Waals surface area contributed by atoms with Crippen LogP contribution in [0.15, 0.2) is 42.5 Å². The highest BCUT2D eigenvalue weighted by molar-refractivity contribution is 5.97. The minimum absolute atomic E-state index is 0.00720. The number of carbonyl (C=O) groups is 3. The zero-order chi connectivity index (χ0) is 25.6. The number of carboxylic acid groups (broad SMARTS) is 1. The molecule has 2 aromatic rings. The fourth-order valence-electron chi connectivity index (χ4n) is 5.85. The van der Waals surface area contributed by atoms with Crippen molar-refractivity contribution < 1.29 is 19.5 Å². The molecule has 190 valence electrons. The minimum Gasteiger partial charge on any atom is -0.465 e. The van der Waals surface area contributed by atoms with Gasteiger partial charge in [-0.05, 0) is 60.7 Å². The van der Waals surface area contributed by atoms with E-state index in [1.807, 2.05) is 35.2 Å². The fraction of sp³-hybridized carbons (Fsp3) is 0.444. The van der Waals surface area contributed by atoms with Gasteiger partial charge in [-0.2, -0.15) is 0 Å². The molecule has 5 rings (SSSR count). The van der Waals surface area contributed by atoms with Gasteiger partial charge in [0.05, 0.1) is 6.04 Å². The topological polar surface area (TPSA) is 119 Å². The third-order valence-corrected chi connectivity index (χ3v) is 7.80. The number of benzene rings is 2. The molecule has 1 saturated carbocycles. The number of rotatable bonds is 5. The molecule has 9 nitrogen and oxygen atoms in total. The predicted molar refractivity (Wildman–Crippen MR) is 138 cm³/mol. The lowest BCUT2D eigenvalue weighted by molar-refractivity contribution is -0.117. The largest absolute Gasteiger partial charge is 0.465 e. The Labute approximate surface area is 210 Å². The average molecular weight is 492 g/mol. The Balaban J connectivity index is 1.47. The summed E-state index contributed by atoms with van der Waals surface area (Å²) < 4.78 is 0. The number of nitrogens with one attached hydrogen (secondary N) is 1. The summed E-state index contributed by atoms with van der Waals surface area (Å²) in [6.45, 7) is 6.00. The van der Waals surface area contributed by atoms with E-state index < -0.39 is 12.0 Å². The smallest absolute Gasteiger partial charge is 0.407 e. The number of primary amides is 1.